The van der Waals surface area contributed by atoms with Crippen molar-refractivity contribution in [2.75, 3.05) is 0 Å². The Bertz CT molecular complexity index is 647. The van der Waals surface area contributed by atoms with Crippen molar-refractivity contribution in [3.63, 3.8) is 0 Å². The molecule has 0 saturated heterocycles. The maximum absolute atomic E-state index is 10.9. The molecular formula is C14H11NO4. The minimum atomic E-state index is -0.999. The number of aryl methyl sites for hydroxylation is 1. The summed E-state index contributed by atoms with van der Waals surface area (Å²) in [7, 11) is 0. The smallest absolute Gasteiger partial charge is 0.335 e. The third kappa shape index (κ3) is 2.60. The van der Waals surface area contributed by atoms with E-state index >= 15 is 0 Å². The lowest BCUT2D eigenvalue weighted by Gasteiger charge is -2.04. The number of aromatic carboxylic acids is 1. The molecule has 0 fully saturated rings. The zero-order chi connectivity index (χ0) is 14.0. The molecule has 2 rings (SSSR count). The van der Waals surface area contributed by atoms with E-state index in [-0.39, 0.29) is 11.3 Å². The fourth-order valence-corrected chi connectivity index (χ4v) is 1.79. The Hall–Kier alpha value is -2.69. The molecule has 1 N–H and O–H groups in total. The van der Waals surface area contributed by atoms with E-state index in [4.69, 9.17) is 5.11 Å². The first-order valence-corrected chi connectivity index (χ1v) is 5.58. The molecule has 0 radical (unpaired) electrons. The SMILES string of the molecule is Cc1ccc(-c2ccc(C(=O)O)cc2)cc1[N+](=O)[O-]. The molecule has 96 valence electrons. The molecule has 0 bridgehead atoms. The van der Waals surface area contributed by atoms with E-state index in [0.29, 0.717) is 11.1 Å². The molecule has 19 heavy (non-hydrogen) atoms. The van der Waals surface area contributed by atoms with Gasteiger partial charge in [0, 0.05) is 11.6 Å². The van der Waals surface area contributed by atoms with Crippen molar-refractivity contribution >= 4 is 11.7 Å². The highest BCUT2D eigenvalue weighted by molar-refractivity contribution is 5.88. The topological polar surface area (TPSA) is 80.4 Å². The maximum atomic E-state index is 10.9. The summed E-state index contributed by atoms with van der Waals surface area (Å²) in [5.74, 6) is -0.999. The van der Waals surface area contributed by atoms with Crippen LogP contribution in [0.1, 0.15) is 15.9 Å². The molecule has 0 heterocycles. The number of rotatable bonds is 3. The monoisotopic (exact) mass is 257 g/mol. The van der Waals surface area contributed by atoms with Gasteiger partial charge in [-0.3, -0.25) is 10.1 Å². The predicted molar refractivity (Wildman–Crippen MR) is 70.2 cm³/mol. The molecule has 0 aliphatic carbocycles. The summed E-state index contributed by atoms with van der Waals surface area (Å²) < 4.78 is 0. The van der Waals surface area contributed by atoms with E-state index in [1.807, 2.05) is 0 Å². The van der Waals surface area contributed by atoms with Gasteiger partial charge in [0.15, 0.2) is 0 Å². The average Bonchev–Trinajstić information content (AvgIpc) is 2.39. The first-order valence-electron chi connectivity index (χ1n) is 5.58. The lowest BCUT2D eigenvalue weighted by Crippen LogP contribution is -1.95. The van der Waals surface area contributed by atoms with Gasteiger partial charge in [0.2, 0.25) is 0 Å². The Morgan fingerprint density at radius 3 is 2.21 bits per heavy atom. The lowest BCUT2D eigenvalue weighted by atomic mass is 10.0. The highest BCUT2D eigenvalue weighted by atomic mass is 16.6. The van der Waals surface area contributed by atoms with Gasteiger partial charge in [0.1, 0.15) is 0 Å². The van der Waals surface area contributed by atoms with Gasteiger partial charge in [-0.2, -0.15) is 0 Å². The van der Waals surface area contributed by atoms with Crippen molar-refractivity contribution in [2.24, 2.45) is 0 Å². The Morgan fingerprint density at radius 2 is 1.68 bits per heavy atom. The molecule has 0 unspecified atom stereocenters. The van der Waals surface area contributed by atoms with Crippen molar-refractivity contribution < 1.29 is 14.8 Å². The third-order valence-electron chi connectivity index (χ3n) is 2.87. The molecule has 0 amide bonds. The summed E-state index contributed by atoms with van der Waals surface area (Å²) in [6.07, 6.45) is 0. The van der Waals surface area contributed by atoms with Gasteiger partial charge in [0.05, 0.1) is 10.5 Å². The summed E-state index contributed by atoms with van der Waals surface area (Å²) in [6.45, 7) is 1.68. The molecule has 0 saturated carbocycles. The number of hydrogen-bond donors (Lipinski definition) is 1. The van der Waals surface area contributed by atoms with E-state index in [9.17, 15) is 14.9 Å². The van der Waals surface area contributed by atoms with Gasteiger partial charge in [-0.1, -0.05) is 24.3 Å². The van der Waals surface area contributed by atoms with E-state index in [1.165, 1.54) is 18.2 Å². The van der Waals surface area contributed by atoms with Crippen LogP contribution >= 0.6 is 0 Å². The number of nitro groups is 1. The molecule has 0 aliphatic rings. The van der Waals surface area contributed by atoms with Crippen molar-refractivity contribution in [1.82, 2.24) is 0 Å². The Morgan fingerprint density at radius 1 is 1.11 bits per heavy atom. The van der Waals surface area contributed by atoms with Gasteiger partial charge in [-0.15, -0.1) is 0 Å². The van der Waals surface area contributed by atoms with E-state index in [2.05, 4.69) is 0 Å². The Balaban J connectivity index is 2.44. The minimum Gasteiger partial charge on any atom is -0.478 e. The van der Waals surface area contributed by atoms with Crippen LogP contribution in [0.5, 0.6) is 0 Å². The zero-order valence-electron chi connectivity index (χ0n) is 10.2. The summed E-state index contributed by atoms with van der Waals surface area (Å²) in [4.78, 5) is 21.2. The molecule has 0 aromatic heterocycles. The number of nitro benzene ring substituents is 1. The normalized spacial score (nSPS) is 10.2. The average molecular weight is 257 g/mol. The first-order chi connectivity index (χ1) is 8.99. The van der Waals surface area contributed by atoms with Crippen LogP contribution in [0, 0.1) is 17.0 Å². The van der Waals surface area contributed by atoms with Crippen molar-refractivity contribution in [3.05, 3.63) is 63.7 Å². The summed E-state index contributed by atoms with van der Waals surface area (Å²) in [6, 6.07) is 11.2. The van der Waals surface area contributed by atoms with Gasteiger partial charge in [0.25, 0.3) is 5.69 Å². The number of nitrogens with zero attached hydrogens (tertiary/aromatic N) is 1. The van der Waals surface area contributed by atoms with Crippen molar-refractivity contribution in [3.8, 4) is 11.1 Å². The Labute approximate surface area is 109 Å². The second-order valence-electron chi connectivity index (χ2n) is 4.14. The van der Waals surface area contributed by atoms with Crippen LogP contribution < -0.4 is 0 Å². The van der Waals surface area contributed by atoms with Crippen LogP contribution in [0.25, 0.3) is 11.1 Å². The molecule has 0 atom stereocenters. The quantitative estimate of drug-likeness (QED) is 0.675. The minimum absolute atomic E-state index is 0.0554. The third-order valence-corrected chi connectivity index (χ3v) is 2.87. The summed E-state index contributed by atoms with van der Waals surface area (Å²) >= 11 is 0. The Kier molecular flexibility index (Phi) is 3.29. The van der Waals surface area contributed by atoms with Crippen LogP contribution in [-0.2, 0) is 0 Å². The maximum Gasteiger partial charge on any atom is 0.335 e. The van der Waals surface area contributed by atoms with Gasteiger partial charge in [-0.05, 0) is 30.2 Å². The van der Waals surface area contributed by atoms with Crippen LogP contribution in [0.4, 0.5) is 5.69 Å². The van der Waals surface area contributed by atoms with Gasteiger partial charge in [-0.25, -0.2) is 4.79 Å². The van der Waals surface area contributed by atoms with E-state index in [1.54, 1.807) is 31.2 Å². The molecule has 2 aromatic rings. The predicted octanol–water partition coefficient (Wildman–Crippen LogP) is 3.27. The molecule has 0 spiro atoms. The van der Waals surface area contributed by atoms with Crippen LogP contribution in [0.2, 0.25) is 0 Å². The fraction of sp³-hybridized carbons (Fsp3) is 0.0714. The molecule has 2 aromatic carbocycles. The lowest BCUT2D eigenvalue weighted by molar-refractivity contribution is -0.385. The number of benzene rings is 2. The fourth-order valence-electron chi connectivity index (χ4n) is 1.79. The van der Waals surface area contributed by atoms with Crippen LogP contribution in [0.15, 0.2) is 42.5 Å². The molecule has 0 aliphatic heterocycles. The van der Waals surface area contributed by atoms with Crippen molar-refractivity contribution in [2.45, 2.75) is 6.92 Å². The molecular weight excluding hydrogens is 246 g/mol. The summed E-state index contributed by atoms with van der Waals surface area (Å²) in [5, 5.41) is 19.7. The number of hydrogen-bond acceptors (Lipinski definition) is 3. The highest BCUT2D eigenvalue weighted by Gasteiger charge is 2.12. The highest BCUT2D eigenvalue weighted by Crippen LogP contribution is 2.26. The first kappa shape index (κ1) is 12.8. The van der Waals surface area contributed by atoms with E-state index in [0.717, 1.165) is 5.56 Å². The van der Waals surface area contributed by atoms with Crippen molar-refractivity contribution in [1.29, 1.82) is 0 Å². The number of carboxylic acids is 1. The largest absolute Gasteiger partial charge is 0.478 e. The zero-order valence-corrected chi connectivity index (χ0v) is 10.2. The van der Waals surface area contributed by atoms with Crippen LogP contribution in [-0.4, -0.2) is 16.0 Å². The second-order valence-corrected chi connectivity index (χ2v) is 4.14. The second kappa shape index (κ2) is 4.89. The standard InChI is InChI=1S/C14H11NO4/c1-9-2-3-12(8-13(9)15(18)19)10-4-6-11(7-5-10)14(16)17/h2-8H,1H3,(H,16,17). The van der Waals surface area contributed by atoms with Gasteiger partial charge < -0.3 is 5.11 Å². The number of carboxylic acid groups (broad SMARTS) is 1. The van der Waals surface area contributed by atoms with E-state index < -0.39 is 10.9 Å². The molecule has 5 heteroatoms. The van der Waals surface area contributed by atoms with Crippen LogP contribution in [0.3, 0.4) is 0 Å². The summed E-state index contributed by atoms with van der Waals surface area (Å²) in [5.41, 5.74) is 2.27. The molecule has 5 nitrogen and oxygen atoms in total. The van der Waals surface area contributed by atoms with Gasteiger partial charge >= 0.3 is 5.97 Å². The number of carbonyl (C=O) groups is 1.